The lowest BCUT2D eigenvalue weighted by molar-refractivity contribution is -0.121. The van der Waals surface area contributed by atoms with Crippen molar-refractivity contribution in [3.63, 3.8) is 0 Å². The average molecular weight is 368 g/mol. The first-order chi connectivity index (χ1) is 12.8. The Labute approximate surface area is 161 Å². The number of rotatable bonds is 7. The van der Waals surface area contributed by atoms with Crippen LogP contribution in [0.15, 0.2) is 48.5 Å². The molecule has 0 aliphatic rings. The molecular formula is C22H28N2O3. The number of benzene rings is 2. The standard InChI is InChI=1S/C22H28N2O3/c1-15(2)27-20-11-7-9-18(14-20)17-8-6-10-19(13-17)22(26)24(5)16(3)12-21(25)23-4/h6-11,13-16H,12H2,1-5H3,(H,23,25)/t16-/m1/s1. The van der Waals surface area contributed by atoms with E-state index in [2.05, 4.69) is 5.32 Å². The third-order valence-corrected chi connectivity index (χ3v) is 4.39. The number of hydrogen-bond acceptors (Lipinski definition) is 3. The zero-order valence-corrected chi connectivity index (χ0v) is 16.7. The summed E-state index contributed by atoms with van der Waals surface area (Å²) >= 11 is 0. The van der Waals surface area contributed by atoms with Gasteiger partial charge in [-0.3, -0.25) is 9.59 Å². The van der Waals surface area contributed by atoms with Crippen LogP contribution in [-0.4, -0.2) is 43.0 Å². The van der Waals surface area contributed by atoms with Crippen molar-refractivity contribution in [3.05, 3.63) is 54.1 Å². The van der Waals surface area contributed by atoms with Gasteiger partial charge in [-0.2, -0.15) is 0 Å². The minimum Gasteiger partial charge on any atom is -0.491 e. The van der Waals surface area contributed by atoms with Gasteiger partial charge < -0.3 is 15.0 Å². The van der Waals surface area contributed by atoms with Crippen LogP contribution in [-0.2, 0) is 4.79 Å². The van der Waals surface area contributed by atoms with E-state index >= 15 is 0 Å². The first-order valence-corrected chi connectivity index (χ1v) is 9.16. The van der Waals surface area contributed by atoms with Crippen LogP contribution in [0.4, 0.5) is 0 Å². The van der Waals surface area contributed by atoms with Gasteiger partial charge in [0.15, 0.2) is 0 Å². The van der Waals surface area contributed by atoms with E-state index in [-0.39, 0.29) is 30.4 Å². The Morgan fingerprint density at radius 1 is 1.04 bits per heavy atom. The van der Waals surface area contributed by atoms with Crippen molar-refractivity contribution in [1.29, 1.82) is 0 Å². The minimum atomic E-state index is -0.191. The van der Waals surface area contributed by atoms with Gasteiger partial charge in [0, 0.05) is 32.1 Å². The van der Waals surface area contributed by atoms with Gasteiger partial charge in [-0.25, -0.2) is 0 Å². The molecule has 2 aromatic carbocycles. The fraction of sp³-hybridized carbons (Fsp3) is 0.364. The molecule has 2 rings (SSSR count). The topological polar surface area (TPSA) is 58.6 Å². The highest BCUT2D eigenvalue weighted by molar-refractivity contribution is 5.95. The van der Waals surface area contributed by atoms with Crippen LogP contribution in [0, 0.1) is 0 Å². The number of nitrogens with zero attached hydrogens (tertiary/aromatic N) is 1. The molecule has 27 heavy (non-hydrogen) atoms. The second kappa shape index (κ2) is 9.21. The van der Waals surface area contributed by atoms with Crippen LogP contribution >= 0.6 is 0 Å². The monoisotopic (exact) mass is 368 g/mol. The molecule has 0 unspecified atom stereocenters. The number of ether oxygens (including phenoxy) is 1. The second-order valence-electron chi connectivity index (χ2n) is 6.92. The molecule has 5 nitrogen and oxygen atoms in total. The van der Waals surface area contributed by atoms with Gasteiger partial charge >= 0.3 is 0 Å². The molecule has 144 valence electrons. The van der Waals surface area contributed by atoms with E-state index in [1.165, 1.54) is 0 Å². The molecule has 0 aromatic heterocycles. The molecule has 0 heterocycles. The van der Waals surface area contributed by atoms with Gasteiger partial charge in [0.1, 0.15) is 5.75 Å². The SMILES string of the molecule is CNC(=O)C[C@@H](C)N(C)C(=O)c1cccc(-c2cccc(OC(C)C)c2)c1. The van der Waals surface area contributed by atoms with E-state index in [4.69, 9.17) is 4.74 Å². The normalized spacial score (nSPS) is 11.8. The maximum Gasteiger partial charge on any atom is 0.253 e. The van der Waals surface area contributed by atoms with Crippen LogP contribution < -0.4 is 10.1 Å². The Hall–Kier alpha value is -2.82. The Morgan fingerprint density at radius 3 is 2.30 bits per heavy atom. The summed E-state index contributed by atoms with van der Waals surface area (Å²) in [6, 6.07) is 15.2. The number of carbonyl (C=O) groups excluding carboxylic acids is 2. The highest BCUT2D eigenvalue weighted by Crippen LogP contribution is 2.25. The molecule has 0 bridgehead atoms. The van der Waals surface area contributed by atoms with Crippen LogP contribution in [0.2, 0.25) is 0 Å². The Kier molecular flexibility index (Phi) is 6.99. The molecule has 0 saturated carbocycles. The van der Waals surface area contributed by atoms with Crippen molar-refractivity contribution in [2.24, 2.45) is 0 Å². The molecule has 2 amide bonds. The molecule has 1 atom stereocenters. The van der Waals surface area contributed by atoms with E-state index in [0.717, 1.165) is 16.9 Å². The molecule has 0 aliphatic carbocycles. The zero-order chi connectivity index (χ0) is 20.0. The summed E-state index contributed by atoms with van der Waals surface area (Å²) in [6.45, 7) is 5.84. The molecule has 5 heteroatoms. The van der Waals surface area contributed by atoms with Crippen molar-refractivity contribution < 1.29 is 14.3 Å². The van der Waals surface area contributed by atoms with E-state index < -0.39 is 0 Å². The number of carbonyl (C=O) groups is 2. The highest BCUT2D eigenvalue weighted by Gasteiger charge is 2.20. The summed E-state index contributed by atoms with van der Waals surface area (Å²) in [5.74, 6) is 0.608. The van der Waals surface area contributed by atoms with Gasteiger partial charge in [-0.1, -0.05) is 24.3 Å². The third-order valence-electron chi connectivity index (χ3n) is 4.39. The van der Waals surface area contributed by atoms with Gasteiger partial charge in [0.05, 0.1) is 6.10 Å². The summed E-state index contributed by atoms with van der Waals surface area (Å²) in [7, 11) is 3.32. The molecule has 0 aliphatic heterocycles. The predicted octanol–water partition coefficient (Wildman–Crippen LogP) is 3.74. The van der Waals surface area contributed by atoms with E-state index in [9.17, 15) is 9.59 Å². The Bertz CT molecular complexity index is 802. The Balaban J connectivity index is 2.22. The largest absolute Gasteiger partial charge is 0.491 e. The molecule has 1 N–H and O–H groups in total. The molecular weight excluding hydrogens is 340 g/mol. The molecule has 2 aromatic rings. The summed E-state index contributed by atoms with van der Waals surface area (Å²) in [6.07, 6.45) is 0.371. The van der Waals surface area contributed by atoms with E-state index in [1.807, 2.05) is 63.2 Å². The molecule has 0 radical (unpaired) electrons. The van der Waals surface area contributed by atoms with Gasteiger partial charge in [0.25, 0.3) is 5.91 Å². The number of hydrogen-bond donors (Lipinski definition) is 1. The van der Waals surface area contributed by atoms with Crippen molar-refractivity contribution in [3.8, 4) is 16.9 Å². The first-order valence-electron chi connectivity index (χ1n) is 9.16. The van der Waals surface area contributed by atoms with Crippen LogP contribution in [0.5, 0.6) is 5.75 Å². The zero-order valence-electron chi connectivity index (χ0n) is 16.7. The first kappa shape index (κ1) is 20.5. The van der Waals surface area contributed by atoms with Crippen molar-refractivity contribution in [1.82, 2.24) is 10.2 Å². The van der Waals surface area contributed by atoms with E-state index in [0.29, 0.717) is 5.56 Å². The second-order valence-corrected chi connectivity index (χ2v) is 6.92. The average Bonchev–Trinajstić information content (AvgIpc) is 2.66. The lowest BCUT2D eigenvalue weighted by atomic mass is 10.0. The van der Waals surface area contributed by atoms with E-state index in [1.54, 1.807) is 25.1 Å². The maximum atomic E-state index is 12.8. The van der Waals surface area contributed by atoms with Crippen LogP contribution in [0.25, 0.3) is 11.1 Å². The van der Waals surface area contributed by atoms with Crippen LogP contribution in [0.1, 0.15) is 37.6 Å². The molecule has 0 spiro atoms. The fourth-order valence-electron chi connectivity index (χ4n) is 2.76. The summed E-state index contributed by atoms with van der Waals surface area (Å²) in [5, 5.41) is 2.59. The smallest absolute Gasteiger partial charge is 0.253 e. The molecule has 0 fully saturated rings. The predicted molar refractivity (Wildman–Crippen MR) is 108 cm³/mol. The number of nitrogens with one attached hydrogen (secondary N) is 1. The van der Waals surface area contributed by atoms with Crippen LogP contribution in [0.3, 0.4) is 0 Å². The number of amides is 2. The summed E-state index contributed by atoms with van der Waals surface area (Å²) < 4.78 is 5.76. The van der Waals surface area contributed by atoms with Gasteiger partial charge in [0.2, 0.25) is 5.91 Å². The van der Waals surface area contributed by atoms with Crippen molar-refractivity contribution in [2.75, 3.05) is 14.1 Å². The Morgan fingerprint density at radius 2 is 1.67 bits per heavy atom. The molecule has 0 saturated heterocycles. The third kappa shape index (κ3) is 5.58. The van der Waals surface area contributed by atoms with Crippen molar-refractivity contribution in [2.45, 2.75) is 39.3 Å². The lowest BCUT2D eigenvalue weighted by Gasteiger charge is -2.24. The van der Waals surface area contributed by atoms with Crippen molar-refractivity contribution >= 4 is 11.8 Å². The summed E-state index contributed by atoms with van der Waals surface area (Å²) in [4.78, 5) is 26.0. The highest BCUT2D eigenvalue weighted by atomic mass is 16.5. The summed E-state index contributed by atoms with van der Waals surface area (Å²) in [5.41, 5.74) is 2.53. The van der Waals surface area contributed by atoms with Gasteiger partial charge in [-0.05, 0) is 56.2 Å². The fourth-order valence-corrected chi connectivity index (χ4v) is 2.76. The maximum absolute atomic E-state index is 12.8. The minimum absolute atomic E-state index is 0.0853. The van der Waals surface area contributed by atoms with Gasteiger partial charge in [-0.15, -0.1) is 0 Å². The quantitative estimate of drug-likeness (QED) is 0.810. The lowest BCUT2D eigenvalue weighted by Crippen LogP contribution is -2.38.